The van der Waals surface area contributed by atoms with Gasteiger partial charge < -0.3 is 0 Å². The molecule has 0 aliphatic carbocycles. The summed E-state index contributed by atoms with van der Waals surface area (Å²) < 4.78 is 8.25. The summed E-state index contributed by atoms with van der Waals surface area (Å²) in [6.45, 7) is 0. The molecule has 1 aromatic rings. The number of thiol groups is 1. The molecular formula is C7H6O3S2. The molecule has 0 radical (unpaired) electrons. The van der Waals surface area contributed by atoms with Crippen molar-refractivity contribution in [3.8, 4) is 0 Å². The summed E-state index contributed by atoms with van der Waals surface area (Å²) in [5.74, 6) is 0. The van der Waals surface area contributed by atoms with Gasteiger partial charge in [-0.1, -0.05) is 30.3 Å². The molecule has 0 bridgehead atoms. The average Bonchev–Trinajstić information content (AvgIpc) is 2.15. The maximum Gasteiger partial charge on any atom is 0.249 e. The smallest absolute Gasteiger partial charge is 0.249 e. The van der Waals surface area contributed by atoms with E-state index >= 15 is 0 Å². The fourth-order valence-corrected chi connectivity index (χ4v) is 1.08. The van der Waals surface area contributed by atoms with E-state index in [2.05, 4.69) is 21.6 Å². The predicted octanol–water partition coefficient (Wildman–Crippen LogP) is 2.27. The van der Waals surface area contributed by atoms with Crippen molar-refractivity contribution in [1.29, 1.82) is 0 Å². The van der Waals surface area contributed by atoms with E-state index in [9.17, 15) is 4.79 Å². The van der Waals surface area contributed by atoms with Gasteiger partial charge in [0.2, 0.25) is 5.12 Å². The SMILES string of the molecule is O=C(SOOS)c1ccccc1. The summed E-state index contributed by atoms with van der Waals surface area (Å²) in [5, 5.41) is -0.218. The molecule has 12 heavy (non-hydrogen) atoms. The maximum atomic E-state index is 11.1. The predicted molar refractivity (Wildman–Crippen MR) is 49.5 cm³/mol. The molecule has 0 aromatic heterocycles. The van der Waals surface area contributed by atoms with Gasteiger partial charge in [-0.15, -0.1) is 4.33 Å². The van der Waals surface area contributed by atoms with Crippen LogP contribution >= 0.6 is 25.0 Å². The minimum atomic E-state index is -0.218. The Morgan fingerprint density at radius 1 is 1.33 bits per heavy atom. The molecule has 3 nitrogen and oxygen atoms in total. The van der Waals surface area contributed by atoms with Crippen LogP contribution in [0.25, 0.3) is 0 Å². The van der Waals surface area contributed by atoms with E-state index in [1.807, 2.05) is 6.07 Å². The molecule has 0 unspecified atom stereocenters. The first-order chi connectivity index (χ1) is 5.84. The summed E-state index contributed by atoms with van der Waals surface area (Å²) in [7, 11) is 0. The highest BCUT2D eigenvalue weighted by molar-refractivity contribution is 8.10. The lowest BCUT2D eigenvalue weighted by Crippen LogP contribution is -1.92. The summed E-state index contributed by atoms with van der Waals surface area (Å²) in [6.07, 6.45) is 0. The summed E-state index contributed by atoms with van der Waals surface area (Å²) >= 11 is 3.90. The van der Waals surface area contributed by atoms with Crippen LogP contribution in [0.1, 0.15) is 10.4 Å². The molecule has 0 atom stereocenters. The van der Waals surface area contributed by atoms with Crippen LogP contribution in [0.5, 0.6) is 0 Å². The van der Waals surface area contributed by atoms with E-state index in [4.69, 9.17) is 0 Å². The number of benzene rings is 1. The fraction of sp³-hybridized carbons (Fsp3) is 0. The van der Waals surface area contributed by atoms with E-state index in [0.717, 1.165) is 0 Å². The second kappa shape index (κ2) is 5.21. The Morgan fingerprint density at radius 3 is 2.58 bits per heavy atom. The van der Waals surface area contributed by atoms with E-state index < -0.39 is 0 Å². The number of carbonyl (C=O) groups is 1. The molecule has 0 spiro atoms. The Hall–Kier alpha value is -0.490. The second-order valence-electron chi connectivity index (χ2n) is 1.88. The topological polar surface area (TPSA) is 35.5 Å². The van der Waals surface area contributed by atoms with E-state index in [1.54, 1.807) is 24.3 Å². The van der Waals surface area contributed by atoms with Crippen molar-refractivity contribution >= 4 is 30.1 Å². The van der Waals surface area contributed by atoms with E-state index in [0.29, 0.717) is 17.6 Å². The van der Waals surface area contributed by atoms with Crippen LogP contribution in [0.15, 0.2) is 30.3 Å². The lowest BCUT2D eigenvalue weighted by atomic mass is 10.2. The minimum Gasteiger partial charge on any atom is -0.279 e. The molecule has 0 aliphatic rings. The maximum absolute atomic E-state index is 11.1. The lowest BCUT2D eigenvalue weighted by Gasteiger charge is -1.95. The Morgan fingerprint density at radius 2 is 2.00 bits per heavy atom. The van der Waals surface area contributed by atoms with Gasteiger partial charge in [-0.2, -0.15) is 4.33 Å². The van der Waals surface area contributed by atoms with Gasteiger partial charge >= 0.3 is 0 Å². The van der Waals surface area contributed by atoms with Gasteiger partial charge in [0.05, 0.1) is 0 Å². The molecule has 64 valence electrons. The van der Waals surface area contributed by atoms with Gasteiger partial charge in [0, 0.05) is 18.5 Å². The zero-order valence-corrected chi connectivity index (χ0v) is 7.68. The summed E-state index contributed by atoms with van der Waals surface area (Å²) in [4.78, 5) is 11.1. The standard InChI is InChI=1S/C7H6O3S2/c8-7(12-10-9-11)6-4-2-1-3-5-6/h1-5,11H. The van der Waals surface area contributed by atoms with E-state index in [-0.39, 0.29) is 5.12 Å². The van der Waals surface area contributed by atoms with Crippen LogP contribution in [0.4, 0.5) is 0 Å². The highest BCUT2D eigenvalue weighted by atomic mass is 32.2. The first-order valence-electron chi connectivity index (χ1n) is 3.08. The molecule has 0 N–H and O–H groups in total. The zero-order chi connectivity index (χ0) is 8.81. The number of rotatable bonds is 3. The lowest BCUT2D eigenvalue weighted by molar-refractivity contribution is -0.0487. The Bertz CT molecular complexity index is 250. The van der Waals surface area contributed by atoms with Crippen molar-refractivity contribution in [1.82, 2.24) is 0 Å². The summed E-state index contributed by atoms with van der Waals surface area (Å²) in [5.41, 5.74) is 0.563. The van der Waals surface area contributed by atoms with Crippen molar-refractivity contribution in [3.05, 3.63) is 35.9 Å². The molecule has 0 fully saturated rings. The van der Waals surface area contributed by atoms with Gasteiger partial charge in [-0.3, -0.25) is 4.79 Å². The van der Waals surface area contributed by atoms with E-state index in [1.165, 1.54) is 0 Å². The van der Waals surface area contributed by atoms with Crippen LogP contribution in [-0.2, 0) is 8.67 Å². The molecular weight excluding hydrogens is 196 g/mol. The third-order valence-electron chi connectivity index (χ3n) is 1.15. The van der Waals surface area contributed by atoms with Gasteiger partial charge in [-0.25, -0.2) is 0 Å². The van der Waals surface area contributed by atoms with Crippen molar-refractivity contribution in [3.63, 3.8) is 0 Å². The second-order valence-corrected chi connectivity index (χ2v) is 2.70. The number of carbonyl (C=O) groups excluding carboxylic acids is 1. The van der Waals surface area contributed by atoms with Gasteiger partial charge in [0.15, 0.2) is 0 Å². The first kappa shape index (κ1) is 9.60. The van der Waals surface area contributed by atoms with Crippen LogP contribution in [-0.4, -0.2) is 5.12 Å². The molecule has 1 rings (SSSR count). The first-order valence-corrected chi connectivity index (χ1v) is 4.19. The minimum absolute atomic E-state index is 0.218. The number of hydrogen-bond donors (Lipinski definition) is 1. The van der Waals surface area contributed by atoms with Crippen molar-refractivity contribution < 1.29 is 13.5 Å². The van der Waals surface area contributed by atoms with Crippen molar-refractivity contribution in [2.45, 2.75) is 0 Å². The molecule has 1 aromatic carbocycles. The van der Waals surface area contributed by atoms with Crippen molar-refractivity contribution in [2.75, 3.05) is 0 Å². The molecule has 0 heterocycles. The van der Waals surface area contributed by atoms with Crippen LogP contribution in [0.2, 0.25) is 0 Å². The molecule has 0 saturated carbocycles. The van der Waals surface area contributed by atoms with Crippen molar-refractivity contribution in [2.24, 2.45) is 0 Å². The molecule has 0 aliphatic heterocycles. The highest BCUT2D eigenvalue weighted by Crippen LogP contribution is 2.13. The largest absolute Gasteiger partial charge is 0.279 e. The van der Waals surface area contributed by atoms with Crippen LogP contribution in [0, 0.1) is 0 Å². The molecule has 0 amide bonds. The van der Waals surface area contributed by atoms with Crippen LogP contribution < -0.4 is 0 Å². The monoisotopic (exact) mass is 202 g/mol. The fourth-order valence-electron chi connectivity index (χ4n) is 0.668. The molecule has 0 saturated heterocycles. The highest BCUT2D eigenvalue weighted by Gasteiger charge is 2.06. The van der Waals surface area contributed by atoms with Gasteiger partial charge in [-0.05, 0) is 0 Å². The Balaban J connectivity index is 2.54. The molecule has 5 heteroatoms. The van der Waals surface area contributed by atoms with Crippen LogP contribution in [0.3, 0.4) is 0 Å². The Labute approximate surface area is 79.8 Å². The third kappa shape index (κ3) is 2.86. The average molecular weight is 202 g/mol. The normalized spacial score (nSPS) is 9.75. The van der Waals surface area contributed by atoms with Gasteiger partial charge in [0.25, 0.3) is 0 Å². The zero-order valence-electron chi connectivity index (χ0n) is 5.97. The van der Waals surface area contributed by atoms with Gasteiger partial charge in [0.1, 0.15) is 12.0 Å². The Kier molecular flexibility index (Phi) is 4.16. The number of hydrogen-bond acceptors (Lipinski definition) is 5. The quantitative estimate of drug-likeness (QED) is 0.353. The third-order valence-corrected chi connectivity index (χ3v) is 1.85. The summed E-state index contributed by atoms with van der Waals surface area (Å²) in [6, 6.07) is 8.76.